The van der Waals surface area contributed by atoms with Gasteiger partial charge in [0.2, 0.25) is 0 Å². The molecule has 0 aliphatic heterocycles. The molecule has 0 aromatic heterocycles. The second kappa shape index (κ2) is 7.07. The molecule has 5 heteroatoms. The molecule has 1 N–H and O–H groups in total. The number of nitriles is 1. The van der Waals surface area contributed by atoms with E-state index in [1.54, 1.807) is 43.3 Å². The van der Waals surface area contributed by atoms with Crippen molar-refractivity contribution in [1.82, 2.24) is 4.90 Å². The van der Waals surface area contributed by atoms with Crippen LogP contribution in [0.3, 0.4) is 0 Å². The van der Waals surface area contributed by atoms with Gasteiger partial charge in [-0.1, -0.05) is 0 Å². The Morgan fingerprint density at radius 3 is 2.53 bits per heavy atom. The highest BCUT2D eigenvalue weighted by molar-refractivity contribution is 6.06. The van der Waals surface area contributed by atoms with Crippen molar-refractivity contribution in [3.8, 4) is 11.8 Å². The van der Waals surface area contributed by atoms with E-state index in [-0.39, 0.29) is 5.57 Å². The van der Waals surface area contributed by atoms with Gasteiger partial charge in [0.05, 0.1) is 6.61 Å². The molecule has 1 aromatic rings. The standard InChI is InChI=1S/C14H17N3O2/c1-4-19-13-7-5-12(6-8-13)16-14(18)11(9-15)10-17(2)3/h5-8,10H,4H2,1-3H3,(H,16,18)/b11-10+. The van der Waals surface area contributed by atoms with Crippen LogP contribution in [0.25, 0.3) is 0 Å². The van der Waals surface area contributed by atoms with Crippen molar-refractivity contribution in [3.63, 3.8) is 0 Å². The van der Waals surface area contributed by atoms with Gasteiger partial charge in [-0.3, -0.25) is 4.79 Å². The zero-order valence-electron chi connectivity index (χ0n) is 11.3. The predicted octanol–water partition coefficient (Wildman–Crippen LogP) is 1.99. The molecule has 1 aromatic carbocycles. The summed E-state index contributed by atoms with van der Waals surface area (Å²) in [5.41, 5.74) is 0.673. The van der Waals surface area contributed by atoms with Gasteiger partial charge in [0.1, 0.15) is 17.4 Å². The van der Waals surface area contributed by atoms with Crippen molar-refractivity contribution >= 4 is 11.6 Å². The van der Waals surface area contributed by atoms with Crippen LogP contribution in [0.15, 0.2) is 36.0 Å². The van der Waals surface area contributed by atoms with Gasteiger partial charge >= 0.3 is 0 Å². The number of benzene rings is 1. The molecule has 1 amide bonds. The van der Waals surface area contributed by atoms with Crippen LogP contribution >= 0.6 is 0 Å². The number of nitrogens with one attached hydrogen (secondary N) is 1. The first-order chi connectivity index (χ1) is 9.06. The fourth-order valence-electron chi connectivity index (χ4n) is 1.40. The van der Waals surface area contributed by atoms with Crippen LogP contribution in [0.1, 0.15) is 6.92 Å². The fraction of sp³-hybridized carbons (Fsp3) is 0.286. The van der Waals surface area contributed by atoms with E-state index < -0.39 is 5.91 Å². The third kappa shape index (κ3) is 4.72. The quantitative estimate of drug-likeness (QED) is 0.648. The molecular weight excluding hydrogens is 242 g/mol. The van der Waals surface area contributed by atoms with E-state index in [0.717, 1.165) is 5.75 Å². The monoisotopic (exact) mass is 259 g/mol. The lowest BCUT2D eigenvalue weighted by molar-refractivity contribution is -0.112. The van der Waals surface area contributed by atoms with E-state index in [1.807, 2.05) is 13.0 Å². The summed E-state index contributed by atoms with van der Waals surface area (Å²) in [6.07, 6.45) is 1.48. The van der Waals surface area contributed by atoms with Crippen LogP contribution in [-0.2, 0) is 4.79 Å². The molecule has 0 saturated heterocycles. The molecule has 19 heavy (non-hydrogen) atoms. The minimum Gasteiger partial charge on any atom is -0.494 e. The van der Waals surface area contributed by atoms with Crippen molar-refractivity contribution in [3.05, 3.63) is 36.0 Å². The molecule has 1 rings (SSSR count). The first kappa shape index (κ1) is 14.6. The van der Waals surface area contributed by atoms with Gasteiger partial charge in [0.25, 0.3) is 5.91 Å². The van der Waals surface area contributed by atoms with E-state index in [0.29, 0.717) is 12.3 Å². The van der Waals surface area contributed by atoms with Crippen molar-refractivity contribution in [1.29, 1.82) is 5.26 Å². The van der Waals surface area contributed by atoms with Gasteiger partial charge in [0.15, 0.2) is 0 Å². The number of carbonyl (C=O) groups excluding carboxylic acids is 1. The molecule has 0 aliphatic rings. The Kier molecular flexibility index (Phi) is 5.42. The van der Waals surface area contributed by atoms with Crippen molar-refractivity contribution in [2.75, 3.05) is 26.0 Å². The van der Waals surface area contributed by atoms with Crippen LogP contribution in [0, 0.1) is 11.3 Å². The van der Waals surface area contributed by atoms with Crippen LogP contribution in [0.2, 0.25) is 0 Å². The Hall–Kier alpha value is -2.48. The molecule has 0 atom stereocenters. The Bertz CT molecular complexity index is 498. The number of hydrogen-bond acceptors (Lipinski definition) is 4. The maximum Gasteiger partial charge on any atom is 0.267 e. The highest BCUT2D eigenvalue weighted by Gasteiger charge is 2.09. The molecule has 0 fully saturated rings. The first-order valence-electron chi connectivity index (χ1n) is 5.89. The second-order valence-electron chi connectivity index (χ2n) is 4.03. The Morgan fingerprint density at radius 1 is 1.42 bits per heavy atom. The van der Waals surface area contributed by atoms with Gasteiger partial charge in [-0.2, -0.15) is 5.26 Å². The highest BCUT2D eigenvalue weighted by Crippen LogP contribution is 2.16. The fourth-order valence-corrected chi connectivity index (χ4v) is 1.40. The number of anilines is 1. The number of rotatable bonds is 5. The summed E-state index contributed by atoms with van der Waals surface area (Å²) in [7, 11) is 3.50. The summed E-state index contributed by atoms with van der Waals surface area (Å²) >= 11 is 0. The van der Waals surface area contributed by atoms with Gasteiger partial charge in [-0.05, 0) is 31.2 Å². The van der Waals surface area contributed by atoms with Crippen LogP contribution in [0.4, 0.5) is 5.69 Å². The molecule has 0 radical (unpaired) electrons. The minimum absolute atomic E-state index is 0.0545. The smallest absolute Gasteiger partial charge is 0.267 e. The molecule has 100 valence electrons. The summed E-state index contributed by atoms with van der Waals surface area (Å²) in [4.78, 5) is 13.5. The lowest BCUT2D eigenvalue weighted by Gasteiger charge is -2.08. The molecule has 0 aliphatic carbocycles. The highest BCUT2D eigenvalue weighted by atomic mass is 16.5. The normalized spacial score (nSPS) is 10.5. The molecule has 0 heterocycles. The van der Waals surface area contributed by atoms with Crippen molar-refractivity contribution < 1.29 is 9.53 Å². The average Bonchev–Trinajstić information content (AvgIpc) is 2.38. The van der Waals surface area contributed by atoms with E-state index in [1.165, 1.54) is 6.20 Å². The maximum atomic E-state index is 11.8. The topological polar surface area (TPSA) is 65.4 Å². The van der Waals surface area contributed by atoms with Crippen LogP contribution in [0.5, 0.6) is 5.75 Å². The molecule has 0 spiro atoms. The molecular formula is C14H17N3O2. The summed E-state index contributed by atoms with van der Waals surface area (Å²) in [5.74, 6) is 0.310. The average molecular weight is 259 g/mol. The Labute approximate surface area is 113 Å². The summed E-state index contributed by atoms with van der Waals surface area (Å²) in [6.45, 7) is 2.50. The van der Waals surface area contributed by atoms with Gasteiger partial charge in [-0.15, -0.1) is 0 Å². The number of carbonyl (C=O) groups is 1. The van der Waals surface area contributed by atoms with Crippen LogP contribution in [-0.4, -0.2) is 31.5 Å². The summed E-state index contributed by atoms with van der Waals surface area (Å²) in [5, 5.41) is 11.6. The molecule has 0 unspecified atom stereocenters. The predicted molar refractivity (Wildman–Crippen MR) is 73.6 cm³/mol. The lowest BCUT2D eigenvalue weighted by Crippen LogP contribution is -2.16. The number of amides is 1. The number of hydrogen-bond donors (Lipinski definition) is 1. The second-order valence-corrected chi connectivity index (χ2v) is 4.03. The Balaban J connectivity index is 2.74. The number of ether oxygens (including phenoxy) is 1. The zero-order valence-corrected chi connectivity index (χ0v) is 11.3. The summed E-state index contributed by atoms with van der Waals surface area (Å²) < 4.78 is 5.30. The summed E-state index contributed by atoms with van der Waals surface area (Å²) in [6, 6.07) is 8.86. The maximum absolute atomic E-state index is 11.8. The minimum atomic E-state index is -0.430. The third-order valence-electron chi connectivity index (χ3n) is 2.18. The largest absolute Gasteiger partial charge is 0.494 e. The van der Waals surface area contributed by atoms with Gasteiger partial charge in [-0.25, -0.2) is 0 Å². The van der Waals surface area contributed by atoms with Gasteiger partial charge in [0, 0.05) is 26.0 Å². The van der Waals surface area contributed by atoms with E-state index in [2.05, 4.69) is 5.32 Å². The van der Waals surface area contributed by atoms with E-state index >= 15 is 0 Å². The van der Waals surface area contributed by atoms with Crippen molar-refractivity contribution in [2.45, 2.75) is 6.92 Å². The first-order valence-corrected chi connectivity index (χ1v) is 5.89. The van der Waals surface area contributed by atoms with Gasteiger partial charge < -0.3 is 15.0 Å². The molecule has 5 nitrogen and oxygen atoms in total. The van der Waals surface area contributed by atoms with Crippen LogP contribution < -0.4 is 10.1 Å². The number of nitrogens with zero attached hydrogens (tertiary/aromatic N) is 2. The van der Waals surface area contributed by atoms with E-state index in [9.17, 15) is 4.79 Å². The SMILES string of the molecule is CCOc1ccc(NC(=O)/C(C#N)=C/N(C)C)cc1. The lowest BCUT2D eigenvalue weighted by atomic mass is 10.2. The molecule has 0 bridgehead atoms. The zero-order chi connectivity index (χ0) is 14.3. The van der Waals surface area contributed by atoms with E-state index in [4.69, 9.17) is 10.00 Å². The Morgan fingerprint density at radius 2 is 2.05 bits per heavy atom. The third-order valence-corrected chi connectivity index (χ3v) is 2.18. The van der Waals surface area contributed by atoms with Crippen molar-refractivity contribution in [2.24, 2.45) is 0 Å². The molecule has 0 saturated carbocycles.